The summed E-state index contributed by atoms with van der Waals surface area (Å²) in [5, 5.41) is 10.1. The zero-order valence-electron chi connectivity index (χ0n) is 9.63. The van der Waals surface area contributed by atoms with E-state index in [1.807, 2.05) is 0 Å². The van der Waals surface area contributed by atoms with Crippen LogP contribution in [0.1, 0.15) is 43.7 Å². The first kappa shape index (κ1) is 13.0. The zero-order valence-corrected chi connectivity index (χ0v) is 11.1. The van der Waals surface area contributed by atoms with Crippen LogP contribution in [0.4, 0.5) is 0 Å². The molecule has 1 atom stereocenters. The average molecular weight is 274 g/mol. The van der Waals surface area contributed by atoms with E-state index in [1.54, 1.807) is 12.1 Å². The van der Waals surface area contributed by atoms with E-state index >= 15 is 0 Å². The van der Waals surface area contributed by atoms with Crippen molar-refractivity contribution < 1.29 is 5.11 Å². The number of phenols is 1. The first-order valence-corrected chi connectivity index (χ1v) is 6.78. The predicted molar refractivity (Wildman–Crippen MR) is 71.6 cm³/mol. The van der Waals surface area contributed by atoms with Crippen LogP contribution in [0.5, 0.6) is 5.75 Å². The second-order valence-electron chi connectivity index (χ2n) is 4.76. The Balaban J connectivity index is 2.21. The molecule has 3 N–H and O–H groups in total. The molecule has 2 nitrogen and oxygen atoms in total. The molecule has 0 spiro atoms. The Bertz CT molecular complexity index is 379. The van der Waals surface area contributed by atoms with Gasteiger partial charge in [-0.25, -0.2) is 0 Å². The van der Waals surface area contributed by atoms with Crippen LogP contribution in [0.15, 0.2) is 12.1 Å². The van der Waals surface area contributed by atoms with E-state index in [9.17, 15) is 5.11 Å². The molecule has 4 heteroatoms. The van der Waals surface area contributed by atoms with Gasteiger partial charge in [0.2, 0.25) is 0 Å². The van der Waals surface area contributed by atoms with Gasteiger partial charge in [0.1, 0.15) is 0 Å². The third kappa shape index (κ3) is 2.87. The van der Waals surface area contributed by atoms with Gasteiger partial charge in [-0.2, -0.15) is 0 Å². The Morgan fingerprint density at radius 2 is 1.65 bits per heavy atom. The first-order valence-electron chi connectivity index (χ1n) is 6.03. The minimum absolute atomic E-state index is 0.0362. The summed E-state index contributed by atoms with van der Waals surface area (Å²) in [6, 6.07) is 3.41. The Morgan fingerprint density at radius 1 is 1.12 bits per heavy atom. The summed E-state index contributed by atoms with van der Waals surface area (Å²) in [4.78, 5) is 0. The molecule has 1 aromatic carbocycles. The number of nitrogens with two attached hydrogens (primary N) is 1. The van der Waals surface area contributed by atoms with Crippen molar-refractivity contribution in [3.63, 3.8) is 0 Å². The highest BCUT2D eigenvalue weighted by molar-refractivity contribution is 6.37. The van der Waals surface area contributed by atoms with Crippen LogP contribution in [0.2, 0.25) is 10.0 Å². The van der Waals surface area contributed by atoms with Gasteiger partial charge < -0.3 is 10.8 Å². The monoisotopic (exact) mass is 273 g/mol. The van der Waals surface area contributed by atoms with Crippen molar-refractivity contribution in [2.45, 2.75) is 38.1 Å². The molecule has 0 saturated heterocycles. The highest BCUT2D eigenvalue weighted by Crippen LogP contribution is 2.38. The standard InChI is InChI=1S/C13H17Cl2NO/c14-10-6-9(7-11(15)13(10)17)12(16)8-4-2-1-3-5-8/h6-8,12,17H,1-5,16H2/t12-/m1/s1. The summed E-state index contributed by atoms with van der Waals surface area (Å²) in [6.07, 6.45) is 6.13. The van der Waals surface area contributed by atoms with Crippen LogP contribution >= 0.6 is 23.2 Å². The molecular formula is C13H17Cl2NO. The molecule has 0 aliphatic heterocycles. The maximum absolute atomic E-state index is 9.52. The number of benzene rings is 1. The lowest BCUT2D eigenvalue weighted by Gasteiger charge is -2.28. The maximum Gasteiger partial charge on any atom is 0.152 e. The summed E-state index contributed by atoms with van der Waals surface area (Å²) in [6.45, 7) is 0. The molecule has 1 aromatic rings. The van der Waals surface area contributed by atoms with Gasteiger partial charge in [-0.1, -0.05) is 42.5 Å². The number of phenolic OH excluding ortho intramolecular Hbond substituents is 1. The smallest absolute Gasteiger partial charge is 0.152 e. The van der Waals surface area contributed by atoms with Crippen molar-refractivity contribution in [1.29, 1.82) is 0 Å². The van der Waals surface area contributed by atoms with Crippen molar-refractivity contribution >= 4 is 23.2 Å². The molecule has 17 heavy (non-hydrogen) atoms. The van der Waals surface area contributed by atoms with Gasteiger partial charge in [0.25, 0.3) is 0 Å². The summed E-state index contributed by atoms with van der Waals surface area (Å²) in [5.41, 5.74) is 7.18. The summed E-state index contributed by atoms with van der Waals surface area (Å²) in [7, 11) is 0. The fourth-order valence-electron chi connectivity index (χ4n) is 2.54. The van der Waals surface area contributed by atoms with E-state index in [0.29, 0.717) is 5.92 Å². The Kier molecular flexibility index (Phi) is 4.18. The number of hydrogen-bond donors (Lipinski definition) is 2. The van der Waals surface area contributed by atoms with E-state index in [2.05, 4.69) is 0 Å². The normalized spacial score (nSPS) is 19.2. The molecule has 1 saturated carbocycles. The van der Waals surface area contributed by atoms with Crippen LogP contribution in [-0.2, 0) is 0 Å². The maximum atomic E-state index is 9.52. The molecule has 1 aliphatic rings. The summed E-state index contributed by atoms with van der Waals surface area (Å²) in [5.74, 6) is 0.438. The second kappa shape index (κ2) is 5.47. The van der Waals surface area contributed by atoms with Gasteiger partial charge in [0.05, 0.1) is 10.0 Å². The number of aromatic hydroxyl groups is 1. The lowest BCUT2D eigenvalue weighted by molar-refractivity contribution is 0.308. The molecule has 0 aromatic heterocycles. The molecule has 1 fully saturated rings. The van der Waals surface area contributed by atoms with Gasteiger partial charge in [-0.05, 0) is 36.5 Å². The fourth-order valence-corrected chi connectivity index (χ4v) is 3.05. The van der Waals surface area contributed by atoms with Crippen LogP contribution in [0, 0.1) is 5.92 Å². The van der Waals surface area contributed by atoms with E-state index in [-0.39, 0.29) is 21.8 Å². The lowest BCUT2D eigenvalue weighted by Crippen LogP contribution is -2.23. The van der Waals surface area contributed by atoms with Gasteiger partial charge in [-0.15, -0.1) is 0 Å². The van der Waals surface area contributed by atoms with Crippen molar-refractivity contribution in [1.82, 2.24) is 0 Å². The van der Waals surface area contributed by atoms with E-state index in [4.69, 9.17) is 28.9 Å². The zero-order chi connectivity index (χ0) is 12.4. The van der Waals surface area contributed by atoms with Crippen molar-refractivity contribution in [2.75, 3.05) is 0 Å². The first-order chi connectivity index (χ1) is 8.09. The molecule has 0 unspecified atom stereocenters. The van der Waals surface area contributed by atoms with E-state index in [1.165, 1.54) is 19.3 Å². The number of halogens is 2. The van der Waals surface area contributed by atoms with Crippen molar-refractivity contribution in [3.8, 4) is 5.75 Å². The quantitative estimate of drug-likeness (QED) is 0.845. The topological polar surface area (TPSA) is 46.2 Å². The van der Waals surface area contributed by atoms with Gasteiger partial charge >= 0.3 is 0 Å². The van der Waals surface area contributed by atoms with Crippen molar-refractivity contribution in [3.05, 3.63) is 27.7 Å². The minimum Gasteiger partial charge on any atom is -0.505 e. The van der Waals surface area contributed by atoms with E-state index < -0.39 is 0 Å². The average Bonchev–Trinajstić information content (AvgIpc) is 2.35. The highest BCUT2D eigenvalue weighted by Gasteiger charge is 2.23. The molecule has 94 valence electrons. The Labute approximate surface area is 112 Å². The number of rotatable bonds is 2. The third-order valence-corrected chi connectivity index (χ3v) is 4.16. The number of hydrogen-bond acceptors (Lipinski definition) is 2. The van der Waals surface area contributed by atoms with Crippen LogP contribution in [0.3, 0.4) is 0 Å². The van der Waals surface area contributed by atoms with Gasteiger partial charge in [0, 0.05) is 6.04 Å². The highest BCUT2D eigenvalue weighted by atomic mass is 35.5. The Hall–Kier alpha value is -0.440. The molecule has 0 heterocycles. The van der Waals surface area contributed by atoms with Crippen LogP contribution < -0.4 is 5.73 Å². The fraction of sp³-hybridized carbons (Fsp3) is 0.538. The molecule has 0 radical (unpaired) electrons. The van der Waals surface area contributed by atoms with Gasteiger partial charge in [0.15, 0.2) is 5.75 Å². The SMILES string of the molecule is N[C@@H](c1cc(Cl)c(O)c(Cl)c1)C1CCCCC1. The molecule has 0 amide bonds. The Morgan fingerprint density at radius 3 is 2.18 bits per heavy atom. The van der Waals surface area contributed by atoms with Crippen LogP contribution in [0.25, 0.3) is 0 Å². The predicted octanol–water partition coefficient (Wildman–Crippen LogP) is 4.28. The van der Waals surface area contributed by atoms with Gasteiger partial charge in [-0.3, -0.25) is 0 Å². The molecule has 0 bridgehead atoms. The lowest BCUT2D eigenvalue weighted by atomic mass is 9.81. The molecular weight excluding hydrogens is 257 g/mol. The second-order valence-corrected chi connectivity index (χ2v) is 5.57. The molecule has 1 aliphatic carbocycles. The summed E-state index contributed by atoms with van der Waals surface area (Å²) < 4.78 is 0. The van der Waals surface area contributed by atoms with Crippen LogP contribution in [-0.4, -0.2) is 5.11 Å². The minimum atomic E-state index is -0.0621. The molecule has 2 rings (SSSR count). The largest absolute Gasteiger partial charge is 0.505 e. The van der Waals surface area contributed by atoms with Crippen molar-refractivity contribution in [2.24, 2.45) is 11.7 Å². The third-order valence-electron chi connectivity index (χ3n) is 3.58. The van der Waals surface area contributed by atoms with E-state index in [0.717, 1.165) is 18.4 Å². The summed E-state index contributed by atoms with van der Waals surface area (Å²) >= 11 is 11.8.